The Balaban J connectivity index is 1.83. The summed E-state index contributed by atoms with van der Waals surface area (Å²) in [6.45, 7) is 7.12. The summed E-state index contributed by atoms with van der Waals surface area (Å²) in [4.78, 5) is 12.2. The molecule has 4 heteroatoms. The molecule has 0 radical (unpaired) electrons. The van der Waals surface area contributed by atoms with E-state index in [1.54, 1.807) is 48.5 Å². The van der Waals surface area contributed by atoms with Gasteiger partial charge in [-0.05, 0) is 61.4 Å². The quantitative estimate of drug-likeness (QED) is 0.238. The molecule has 0 atom stereocenters. The smallest absolute Gasteiger partial charge is 0.343 e. The number of esters is 1. The highest BCUT2D eigenvalue weighted by Crippen LogP contribution is 2.20. The number of unbranched alkanes of at least 4 members (excludes halogenated alkanes) is 3. The van der Waals surface area contributed by atoms with Crippen molar-refractivity contribution in [1.82, 2.24) is 0 Å². The van der Waals surface area contributed by atoms with E-state index in [0.29, 0.717) is 24.5 Å². The van der Waals surface area contributed by atoms with E-state index in [1.807, 2.05) is 6.42 Å². The second-order valence-electron chi connectivity index (χ2n) is 5.87. The third-order valence-electron chi connectivity index (χ3n) is 3.71. The number of carbonyl (C=O) groups excluding carboxylic acids is 1. The first-order chi connectivity index (χ1) is 12.7. The van der Waals surface area contributed by atoms with E-state index in [2.05, 4.69) is 13.8 Å². The highest BCUT2D eigenvalue weighted by Gasteiger charge is 2.09. The van der Waals surface area contributed by atoms with E-state index >= 15 is 0 Å². The fourth-order valence-electron chi connectivity index (χ4n) is 2.21. The van der Waals surface area contributed by atoms with Crippen LogP contribution in [0.2, 0.25) is 0 Å². The van der Waals surface area contributed by atoms with Crippen molar-refractivity contribution >= 4 is 5.97 Å². The Morgan fingerprint density at radius 1 is 0.885 bits per heavy atom. The van der Waals surface area contributed by atoms with Crippen molar-refractivity contribution < 1.29 is 19.0 Å². The Labute approximate surface area is 156 Å². The first kappa shape index (κ1) is 19.7. The number of rotatable bonds is 11. The summed E-state index contributed by atoms with van der Waals surface area (Å²) >= 11 is 0. The highest BCUT2D eigenvalue weighted by atomic mass is 16.5. The third kappa shape index (κ3) is 6.71. The number of benzene rings is 2. The summed E-state index contributed by atoms with van der Waals surface area (Å²) in [5.74, 6) is 1.60. The lowest BCUT2D eigenvalue weighted by Crippen LogP contribution is -2.08. The molecule has 26 heavy (non-hydrogen) atoms. The van der Waals surface area contributed by atoms with Gasteiger partial charge in [-0.1, -0.05) is 20.3 Å². The zero-order valence-corrected chi connectivity index (χ0v) is 15.3. The summed E-state index contributed by atoms with van der Waals surface area (Å²) in [5.41, 5.74) is 0.478. The fourth-order valence-corrected chi connectivity index (χ4v) is 2.21. The molecular formula is C22H26O4. The van der Waals surface area contributed by atoms with Gasteiger partial charge in [0.2, 0.25) is 0 Å². The molecule has 0 aliphatic heterocycles. The van der Waals surface area contributed by atoms with Crippen LogP contribution in [0.1, 0.15) is 43.0 Å². The minimum absolute atomic E-state index is 0.400. The molecule has 0 aliphatic rings. The SMILES string of the molecule is [CH2+][CH-]CCCOc1ccc(C(=O)Oc2ccc(OCCCC)cc2)cc1. The van der Waals surface area contributed by atoms with E-state index in [0.717, 1.165) is 37.2 Å². The lowest BCUT2D eigenvalue weighted by atomic mass is 10.2. The van der Waals surface area contributed by atoms with E-state index < -0.39 is 5.97 Å². The first-order valence-electron chi connectivity index (χ1n) is 9.01. The van der Waals surface area contributed by atoms with Crippen molar-refractivity contribution in [3.8, 4) is 17.2 Å². The van der Waals surface area contributed by atoms with Gasteiger partial charge in [-0.2, -0.15) is 0 Å². The van der Waals surface area contributed by atoms with Gasteiger partial charge in [0.25, 0.3) is 0 Å². The van der Waals surface area contributed by atoms with Crippen LogP contribution < -0.4 is 14.2 Å². The van der Waals surface area contributed by atoms with Crippen molar-refractivity contribution in [2.24, 2.45) is 0 Å². The Morgan fingerprint density at radius 2 is 1.42 bits per heavy atom. The molecule has 0 aromatic heterocycles. The second-order valence-corrected chi connectivity index (χ2v) is 5.87. The van der Waals surface area contributed by atoms with Crippen LogP contribution in [0, 0.1) is 13.3 Å². The number of carbonyl (C=O) groups is 1. The molecule has 0 spiro atoms. The minimum Gasteiger partial charge on any atom is -0.494 e. The van der Waals surface area contributed by atoms with E-state index in [-0.39, 0.29) is 0 Å². The Hall–Kier alpha value is -2.62. The predicted octanol–water partition coefficient (Wildman–Crippen LogP) is 5.28. The van der Waals surface area contributed by atoms with Crippen molar-refractivity contribution in [3.05, 3.63) is 67.4 Å². The molecule has 138 valence electrons. The molecular weight excluding hydrogens is 328 g/mol. The van der Waals surface area contributed by atoms with Gasteiger partial charge in [-0.3, -0.25) is 0 Å². The fraction of sp³-hybridized carbons (Fsp3) is 0.318. The zero-order chi connectivity index (χ0) is 18.6. The molecule has 0 N–H and O–H groups in total. The summed E-state index contributed by atoms with van der Waals surface area (Å²) < 4.78 is 16.6. The van der Waals surface area contributed by atoms with Crippen LogP contribution >= 0.6 is 0 Å². The largest absolute Gasteiger partial charge is 0.494 e. The van der Waals surface area contributed by atoms with Crippen LogP contribution in [0.4, 0.5) is 0 Å². The lowest BCUT2D eigenvalue weighted by molar-refractivity contribution is 0.0734. The van der Waals surface area contributed by atoms with Gasteiger partial charge in [0.15, 0.2) is 0 Å². The van der Waals surface area contributed by atoms with Crippen LogP contribution in [0.25, 0.3) is 0 Å². The second kappa shape index (κ2) is 11.1. The normalized spacial score (nSPS) is 10.3. The van der Waals surface area contributed by atoms with Crippen LogP contribution in [0.15, 0.2) is 48.5 Å². The van der Waals surface area contributed by atoms with Gasteiger partial charge < -0.3 is 14.2 Å². The molecule has 0 aliphatic carbocycles. The minimum atomic E-state index is -0.400. The van der Waals surface area contributed by atoms with E-state index in [1.165, 1.54) is 0 Å². The average Bonchev–Trinajstić information content (AvgIpc) is 2.67. The van der Waals surface area contributed by atoms with Gasteiger partial charge >= 0.3 is 5.97 Å². The van der Waals surface area contributed by atoms with Gasteiger partial charge in [0, 0.05) is 0 Å². The van der Waals surface area contributed by atoms with Crippen LogP contribution in [-0.4, -0.2) is 19.2 Å². The van der Waals surface area contributed by atoms with Crippen molar-refractivity contribution in [1.29, 1.82) is 0 Å². The monoisotopic (exact) mass is 354 g/mol. The predicted molar refractivity (Wildman–Crippen MR) is 103 cm³/mol. The number of hydrogen-bond donors (Lipinski definition) is 0. The molecule has 0 saturated heterocycles. The zero-order valence-electron chi connectivity index (χ0n) is 15.3. The van der Waals surface area contributed by atoms with Gasteiger partial charge in [0.1, 0.15) is 17.2 Å². The lowest BCUT2D eigenvalue weighted by Gasteiger charge is -2.09. The Morgan fingerprint density at radius 3 is 2.00 bits per heavy atom. The molecule has 0 saturated carbocycles. The number of ether oxygens (including phenoxy) is 3. The molecule has 0 fully saturated rings. The van der Waals surface area contributed by atoms with Crippen molar-refractivity contribution in [2.75, 3.05) is 13.2 Å². The molecule has 0 bridgehead atoms. The third-order valence-corrected chi connectivity index (χ3v) is 3.71. The highest BCUT2D eigenvalue weighted by molar-refractivity contribution is 5.91. The molecule has 4 nitrogen and oxygen atoms in total. The standard InChI is InChI=1S/C22H26O4/c1-3-5-7-17-25-19-10-8-18(9-11-19)22(23)26-21-14-12-20(13-15-21)24-16-6-4-2/h3,8-15H,1,4-7,16-17H2,2H3. The molecule has 0 amide bonds. The van der Waals surface area contributed by atoms with Crippen LogP contribution in [0.3, 0.4) is 0 Å². The summed E-state index contributed by atoms with van der Waals surface area (Å²) in [6, 6.07) is 14.0. The van der Waals surface area contributed by atoms with E-state index in [4.69, 9.17) is 14.2 Å². The van der Waals surface area contributed by atoms with Crippen LogP contribution in [-0.2, 0) is 0 Å². The molecule has 2 aromatic carbocycles. The molecule has 0 unspecified atom stereocenters. The summed E-state index contributed by atoms with van der Waals surface area (Å²) in [7, 11) is 0. The summed E-state index contributed by atoms with van der Waals surface area (Å²) in [5, 5.41) is 0. The van der Waals surface area contributed by atoms with Crippen molar-refractivity contribution in [2.45, 2.75) is 32.6 Å². The maximum Gasteiger partial charge on any atom is 0.343 e. The first-order valence-corrected chi connectivity index (χ1v) is 9.01. The number of hydrogen-bond acceptors (Lipinski definition) is 4. The molecule has 2 rings (SSSR count). The van der Waals surface area contributed by atoms with Crippen molar-refractivity contribution in [3.63, 3.8) is 0 Å². The van der Waals surface area contributed by atoms with Gasteiger partial charge in [0.05, 0.1) is 18.8 Å². The van der Waals surface area contributed by atoms with Gasteiger partial charge in [-0.15, -0.1) is 12.8 Å². The molecule has 0 heterocycles. The Bertz CT molecular complexity index is 647. The Kier molecular flexibility index (Phi) is 8.40. The summed E-state index contributed by atoms with van der Waals surface area (Å²) in [6.07, 6.45) is 5.82. The topological polar surface area (TPSA) is 44.8 Å². The van der Waals surface area contributed by atoms with Gasteiger partial charge in [-0.25, -0.2) is 4.79 Å². The maximum atomic E-state index is 12.2. The average molecular weight is 354 g/mol. The maximum absolute atomic E-state index is 12.2. The van der Waals surface area contributed by atoms with Crippen LogP contribution in [0.5, 0.6) is 17.2 Å². The molecule has 2 aromatic rings. The van der Waals surface area contributed by atoms with E-state index in [9.17, 15) is 4.79 Å².